The Labute approximate surface area is 183 Å². The number of methoxy groups -OCH3 is 1. The summed E-state index contributed by atoms with van der Waals surface area (Å²) in [6.07, 6.45) is -3.66. The molecule has 0 atom stereocenters. The summed E-state index contributed by atoms with van der Waals surface area (Å²) in [5.74, 6) is 1.39. The molecule has 0 radical (unpaired) electrons. The number of benzene rings is 1. The van der Waals surface area contributed by atoms with Crippen molar-refractivity contribution in [3.05, 3.63) is 45.4 Å². The Hall–Kier alpha value is -1.56. The van der Waals surface area contributed by atoms with Crippen LogP contribution in [-0.4, -0.2) is 31.1 Å². The highest BCUT2D eigenvalue weighted by atomic mass is 127. The van der Waals surface area contributed by atoms with Crippen molar-refractivity contribution in [2.75, 3.05) is 20.2 Å². The van der Waals surface area contributed by atoms with Gasteiger partial charge in [-0.1, -0.05) is 12.1 Å². The third-order valence-corrected chi connectivity index (χ3v) is 4.57. The molecule has 0 unspecified atom stereocenters. The van der Waals surface area contributed by atoms with Gasteiger partial charge in [0.2, 0.25) is 0 Å². The third-order valence-electron chi connectivity index (χ3n) is 3.74. The first-order valence-electron chi connectivity index (χ1n) is 8.50. The van der Waals surface area contributed by atoms with Gasteiger partial charge in [0.05, 0.1) is 13.7 Å². The standard InChI is InChI=1S/C18H23F3N4OS.HI/c1-4-22-17(24-10-16-25-15(11-27-16)18(19,20)21)23-8-7-13-6-5-12(2)14(9-13)26-3;/h5-6,9,11H,4,7-8,10H2,1-3H3,(H2,22,23,24);1H. The van der Waals surface area contributed by atoms with Crippen LogP contribution in [0.5, 0.6) is 5.75 Å². The molecule has 0 saturated carbocycles. The van der Waals surface area contributed by atoms with Crippen molar-refractivity contribution in [2.24, 2.45) is 4.99 Å². The van der Waals surface area contributed by atoms with Gasteiger partial charge < -0.3 is 15.4 Å². The zero-order valence-corrected chi connectivity index (χ0v) is 19.0. The van der Waals surface area contributed by atoms with Crippen molar-refractivity contribution in [3.8, 4) is 5.75 Å². The number of rotatable bonds is 7. The summed E-state index contributed by atoms with van der Waals surface area (Å²) < 4.78 is 43.1. The highest BCUT2D eigenvalue weighted by Gasteiger charge is 2.33. The summed E-state index contributed by atoms with van der Waals surface area (Å²) in [6, 6.07) is 6.04. The average molecular weight is 528 g/mol. The molecular weight excluding hydrogens is 504 g/mol. The molecular formula is C18H24F3IN4OS. The molecule has 1 aromatic carbocycles. The molecule has 0 amide bonds. The molecule has 0 aliphatic carbocycles. The molecule has 0 fully saturated rings. The van der Waals surface area contributed by atoms with E-state index in [9.17, 15) is 13.2 Å². The fourth-order valence-corrected chi connectivity index (χ4v) is 3.07. The SMILES string of the molecule is CCNC(=NCc1nc(C(F)(F)F)cs1)NCCc1ccc(C)c(OC)c1.I. The molecule has 28 heavy (non-hydrogen) atoms. The predicted molar refractivity (Wildman–Crippen MR) is 117 cm³/mol. The summed E-state index contributed by atoms with van der Waals surface area (Å²) in [7, 11) is 1.64. The van der Waals surface area contributed by atoms with Gasteiger partial charge in [-0.15, -0.1) is 35.3 Å². The summed E-state index contributed by atoms with van der Waals surface area (Å²) in [4.78, 5) is 7.89. The molecule has 1 heterocycles. The Morgan fingerprint density at radius 2 is 2.04 bits per heavy atom. The van der Waals surface area contributed by atoms with Gasteiger partial charge in [-0.3, -0.25) is 0 Å². The lowest BCUT2D eigenvalue weighted by Gasteiger charge is -2.12. The van der Waals surface area contributed by atoms with Crippen LogP contribution in [0.1, 0.15) is 28.8 Å². The first-order chi connectivity index (χ1) is 12.8. The monoisotopic (exact) mass is 528 g/mol. The van der Waals surface area contributed by atoms with Crippen molar-refractivity contribution in [3.63, 3.8) is 0 Å². The van der Waals surface area contributed by atoms with Crippen LogP contribution in [-0.2, 0) is 19.1 Å². The van der Waals surface area contributed by atoms with E-state index in [0.29, 0.717) is 24.1 Å². The summed E-state index contributed by atoms with van der Waals surface area (Å²) in [6.45, 7) is 5.28. The van der Waals surface area contributed by atoms with Crippen molar-refractivity contribution in [1.29, 1.82) is 0 Å². The van der Waals surface area contributed by atoms with Gasteiger partial charge in [0.1, 0.15) is 10.8 Å². The van der Waals surface area contributed by atoms with Crippen molar-refractivity contribution in [1.82, 2.24) is 15.6 Å². The van der Waals surface area contributed by atoms with E-state index in [2.05, 4.69) is 20.6 Å². The minimum absolute atomic E-state index is 0. The molecule has 0 aliphatic rings. The van der Waals surface area contributed by atoms with E-state index < -0.39 is 11.9 Å². The smallest absolute Gasteiger partial charge is 0.434 e. The second-order valence-electron chi connectivity index (χ2n) is 5.80. The first-order valence-corrected chi connectivity index (χ1v) is 9.38. The van der Waals surface area contributed by atoms with Crippen LogP contribution in [0.25, 0.3) is 0 Å². The Morgan fingerprint density at radius 1 is 1.29 bits per heavy atom. The van der Waals surface area contributed by atoms with E-state index in [4.69, 9.17) is 4.74 Å². The Balaban J connectivity index is 0.00000392. The van der Waals surface area contributed by atoms with Crippen LogP contribution in [0.15, 0.2) is 28.6 Å². The molecule has 0 aliphatic heterocycles. The van der Waals surface area contributed by atoms with E-state index >= 15 is 0 Å². The van der Waals surface area contributed by atoms with Gasteiger partial charge in [0.25, 0.3) is 0 Å². The highest BCUT2D eigenvalue weighted by molar-refractivity contribution is 14.0. The van der Waals surface area contributed by atoms with Gasteiger partial charge >= 0.3 is 6.18 Å². The van der Waals surface area contributed by atoms with Gasteiger partial charge in [-0.2, -0.15) is 13.2 Å². The maximum atomic E-state index is 12.6. The van der Waals surface area contributed by atoms with Crippen LogP contribution in [0.2, 0.25) is 0 Å². The van der Waals surface area contributed by atoms with E-state index in [1.165, 1.54) is 0 Å². The van der Waals surface area contributed by atoms with Crippen molar-refractivity contribution >= 4 is 41.3 Å². The lowest BCUT2D eigenvalue weighted by molar-refractivity contribution is -0.140. The quantitative estimate of drug-likeness (QED) is 0.318. The number of halogens is 4. The molecule has 0 bridgehead atoms. The van der Waals surface area contributed by atoms with E-state index in [1.807, 2.05) is 32.0 Å². The zero-order valence-electron chi connectivity index (χ0n) is 15.9. The zero-order chi connectivity index (χ0) is 19.9. The van der Waals surface area contributed by atoms with Crippen molar-refractivity contribution < 1.29 is 17.9 Å². The molecule has 10 heteroatoms. The minimum atomic E-state index is -4.42. The number of nitrogens with zero attached hydrogens (tertiary/aromatic N) is 2. The van der Waals surface area contributed by atoms with Gasteiger partial charge in [-0.05, 0) is 37.5 Å². The fraction of sp³-hybridized carbons (Fsp3) is 0.444. The normalized spacial score (nSPS) is 11.7. The van der Waals surface area contributed by atoms with E-state index in [-0.39, 0.29) is 30.5 Å². The topological polar surface area (TPSA) is 58.5 Å². The van der Waals surface area contributed by atoms with E-state index in [0.717, 1.165) is 40.0 Å². The molecule has 156 valence electrons. The number of hydrogen-bond acceptors (Lipinski definition) is 4. The molecule has 2 rings (SSSR count). The van der Waals surface area contributed by atoms with Crippen LogP contribution in [0, 0.1) is 6.92 Å². The van der Waals surface area contributed by atoms with Gasteiger partial charge in [0.15, 0.2) is 11.7 Å². The minimum Gasteiger partial charge on any atom is -0.496 e. The first kappa shape index (κ1) is 24.5. The number of aryl methyl sites for hydroxylation is 1. The average Bonchev–Trinajstić information content (AvgIpc) is 3.10. The number of nitrogens with one attached hydrogen (secondary N) is 2. The van der Waals surface area contributed by atoms with Crippen molar-refractivity contribution in [2.45, 2.75) is 33.0 Å². The molecule has 2 aromatic rings. The van der Waals surface area contributed by atoms with Crippen LogP contribution >= 0.6 is 35.3 Å². The number of thiazole rings is 1. The highest BCUT2D eigenvalue weighted by Crippen LogP contribution is 2.30. The Morgan fingerprint density at radius 3 is 2.64 bits per heavy atom. The maximum absolute atomic E-state index is 12.6. The molecule has 1 aromatic heterocycles. The third kappa shape index (κ3) is 7.46. The molecule has 2 N–H and O–H groups in total. The fourth-order valence-electron chi connectivity index (χ4n) is 2.35. The molecule has 5 nitrogen and oxygen atoms in total. The lowest BCUT2D eigenvalue weighted by Crippen LogP contribution is -2.38. The largest absolute Gasteiger partial charge is 0.496 e. The van der Waals surface area contributed by atoms with Crippen LogP contribution < -0.4 is 15.4 Å². The number of alkyl halides is 3. The number of ether oxygens (including phenoxy) is 1. The van der Waals surface area contributed by atoms with E-state index in [1.54, 1.807) is 7.11 Å². The Kier molecular flexibility index (Phi) is 10.0. The number of aromatic nitrogens is 1. The molecule has 0 spiro atoms. The van der Waals surface area contributed by atoms with Gasteiger partial charge in [0, 0.05) is 18.5 Å². The number of hydrogen-bond donors (Lipinski definition) is 2. The number of guanidine groups is 1. The number of aliphatic imine (C=N–C) groups is 1. The second-order valence-corrected chi connectivity index (χ2v) is 6.74. The predicted octanol–water partition coefficient (Wildman–Crippen LogP) is 4.39. The summed E-state index contributed by atoms with van der Waals surface area (Å²) in [5, 5.41) is 7.59. The Bertz CT molecular complexity index is 780. The summed E-state index contributed by atoms with van der Waals surface area (Å²) in [5.41, 5.74) is 1.32. The van der Waals surface area contributed by atoms with Crippen LogP contribution in [0.3, 0.4) is 0 Å². The summed E-state index contributed by atoms with van der Waals surface area (Å²) >= 11 is 0.955. The maximum Gasteiger partial charge on any atom is 0.434 e. The van der Waals surface area contributed by atoms with Gasteiger partial charge in [-0.25, -0.2) is 9.98 Å². The second kappa shape index (κ2) is 11.4. The molecule has 0 saturated heterocycles. The lowest BCUT2D eigenvalue weighted by atomic mass is 10.1. The van der Waals surface area contributed by atoms with Crippen LogP contribution in [0.4, 0.5) is 13.2 Å².